The Labute approximate surface area is 125 Å². The molecule has 5 heteroatoms. The fourth-order valence-electron chi connectivity index (χ4n) is 2.25. The van der Waals surface area contributed by atoms with Crippen molar-refractivity contribution in [2.45, 2.75) is 51.8 Å². The topological polar surface area (TPSA) is 78.8 Å². The maximum atomic E-state index is 11.0. The first-order chi connectivity index (χ1) is 9.88. The van der Waals surface area contributed by atoms with Crippen molar-refractivity contribution >= 4 is 5.97 Å². The number of carbonyl (C=O) groups is 1. The second-order valence-corrected chi connectivity index (χ2v) is 5.35. The van der Waals surface area contributed by atoms with E-state index < -0.39 is 18.1 Å². The number of rotatable bonds is 8. The SMILES string of the molecule is CCC(C)NC(CC(=O)O)C(O)c1ccc(OC)c(C)c1. The van der Waals surface area contributed by atoms with E-state index in [9.17, 15) is 9.90 Å². The van der Waals surface area contributed by atoms with Crippen LogP contribution in [-0.2, 0) is 4.79 Å². The van der Waals surface area contributed by atoms with Crippen molar-refractivity contribution in [2.24, 2.45) is 0 Å². The molecule has 3 atom stereocenters. The summed E-state index contributed by atoms with van der Waals surface area (Å²) in [5, 5.41) is 22.7. The molecule has 3 unspecified atom stereocenters. The fourth-order valence-corrected chi connectivity index (χ4v) is 2.25. The molecule has 1 rings (SSSR count). The van der Waals surface area contributed by atoms with Crippen LogP contribution in [0.2, 0.25) is 0 Å². The number of carboxylic acid groups (broad SMARTS) is 1. The molecular formula is C16H25NO4. The average Bonchev–Trinajstić information content (AvgIpc) is 2.45. The summed E-state index contributed by atoms with van der Waals surface area (Å²) in [6.07, 6.45) is -0.138. The van der Waals surface area contributed by atoms with Crippen molar-refractivity contribution in [3.8, 4) is 5.75 Å². The highest BCUT2D eigenvalue weighted by atomic mass is 16.5. The summed E-state index contributed by atoms with van der Waals surface area (Å²) in [7, 11) is 1.59. The third kappa shape index (κ3) is 5.02. The van der Waals surface area contributed by atoms with Gasteiger partial charge in [0, 0.05) is 12.1 Å². The van der Waals surface area contributed by atoms with Crippen molar-refractivity contribution in [1.82, 2.24) is 5.32 Å². The summed E-state index contributed by atoms with van der Waals surface area (Å²) < 4.78 is 5.20. The predicted molar refractivity (Wildman–Crippen MR) is 81.6 cm³/mol. The minimum atomic E-state index is -0.930. The quantitative estimate of drug-likeness (QED) is 0.685. The number of methoxy groups -OCH3 is 1. The normalized spacial score (nSPS) is 15.3. The first-order valence-electron chi connectivity index (χ1n) is 7.19. The van der Waals surface area contributed by atoms with E-state index in [0.717, 1.165) is 17.7 Å². The number of hydrogen-bond acceptors (Lipinski definition) is 4. The molecule has 0 fully saturated rings. The van der Waals surface area contributed by atoms with Crippen molar-refractivity contribution in [3.63, 3.8) is 0 Å². The van der Waals surface area contributed by atoms with E-state index in [1.807, 2.05) is 26.8 Å². The molecule has 3 N–H and O–H groups in total. The van der Waals surface area contributed by atoms with Gasteiger partial charge in [0.05, 0.1) is 19.6 Å². The summed E-state index contributed by atoms with van der Waals surface area (Å²) in [6, 6.07) is 5.00. The van der Waals surface area contributed by atoms with Crippen LogP contribution < -0.4 is 10.1 Å². The maximum Gasteiger partial charge on any atom is 0.305 e. The first-order valence-corrected chi connectivity index (χ1v) is 7.19. The van der Waals surface area contributed by atoms with Crippen molar-refractivity contribution in [2.75, 3.05) is 7.11 Å². The zero-order chi connectivity index (χ0) is 16.0. The Morgan fingerprint density at radius 1 is 1.43 bits per heavy atom. The molecule has 118 valence electrons. The van der Waals surface area contributed by atoms with Crippen LogP contribution in [0.4, 0.5) is 0 Å². The summed E-state index contributed by atoms with van der Waals surface area (Å²) in [5.74, 6) is -0.185. The molecule has 21 heavy (non-hydrogen) atoms. The number of benzene rings is 1. The van der Waals surface area contributed by atoms with Crippen LogP contribution in [0.3, 0.4) is 0 Å². The molecule has 0 saturated carbocycles. The molecular weight excluding hydrogens is 270 g/mol. The van der Waals surface area contributed by atoms with Crippen molar-refractivity contribution in [3.05, 3.63) is 29.3 Å². The van der Waals surface area contributed by atoms with Gasteiger partial charge in [-0.05, 0) is 43.5 Å². The van der Waals surface area contributed by atoms with Gasteiger partial charge in [-0.2, -0.15) is 0 Å². The van der Waals surface area contributed by atoms with Crippen LogP contribution in [-0.4, -0.2) is 35.4 Å². The molecule has 0 aromatic heterocycles. The van der Waals surface area contributed by atoms with Gasteiger partial charge in [0.25, 0.3) is 0 Å². The Morgan fingerprint density at radius 2 is 2.10 bits per heavy atom. The lowest BCUT2D eigenvalue weighted by atomic mass is 9.97. The van der Waals surface area contributed by atoms with Gasteiger partial charge in [0.2, 0.25) is 0 Å². The minimum absolute atomic E-state index is 0.128. The Morgan fingerprint density at radius 3 is 2.57 bits per heavy atom. The lowest BCUT2D eigenvalue weighted by molar-refractivity contribution is -0.138. The lowest BCUT2D eigenvalue weighted by Crippen LogP contribution is -2.41. The number of ether oxygens (including phenoxy) is 1. The monoisotopic (exact) mass is 295 g/mol. The van der Waals surface area contributed by atoms with Crippen LogP contribution in [0.1, 0.15) is 43.9 Å². The Kier molecular flexibility index (Phi) is 6.65. The smallest absolute Gasteiger partial charge is 0.305 e. The second kappa shape index (κ2) is 8.00. The summed E-state index contributed by atoms with van der Waals surface area (Å²) in [4.78, 5) is 11.0. The minimum Gasteiger partial charge on any atom is -0.496 e. The predicted octanol–water partition coefficient (Wildman–Crippen LogP) is 2.27. The molecule has 1 aromatic rings. The number of aliphatic hydroxyl groups excluding tert-OH is 1. The van der Waals surface area contributed by atoms with E-state index in [1.165, 1.54) is 0 Å². The van der Waals surface area contributed by atoms with E-state index >= 15 is 0 Å². The standard InChI is InChI=1S/C16H25NO4/c1-5-11(3)17-13(9-15(18)19)16(20)12-6-7-14(21-4)10(2)8-12/h6-8,11,13,16-17,20H,5,9H2,1-4H3,(H,18,19). The molecule has 1 aromatic carbocycles. The van der Waals surface area contributed by atoms with Gasteiger partial charge >= 0.3 is 5.97 Å². The number of aliphatic hydroxyl groups is 1. The number of aliphatic carboxylic acids is 1. The first kappa shape index (κ1) is 17.5. The molecule has 0 heterocycles. The van der Waals surface area contributed by atoms with Crippen LogP contribution in [0.5, 0.6) is 5.75 Å². The highest BCUT2D eigenvalue weighted by molar-refractivity contribution is 5.67. The van der Waals surface area contributed by atoms with E-state index in [1.54, 1.807) is 19.2 Å². The molecule has 0 radical (unpaired) electrons. The van der Waals surface area contributed by atoms with Gasteiger partial charge in [-0.15, -0.1) is 0 Å². The lowest BCUT2D eigenvalue weighted by Gasteiger charge is -2.26. The number of carboxylic acids is 1. The number of nitrogens with one attached hydrogen (secondary N) is 1. The molecule has 0 saturated heterocycles. The molecule has 0 aliphatic carbocycles. The van der Waals surface area contributed by atoms with Gasteiger partial charge in [0.1, 0.15) is 5.75 Å². The van der Waals surface area contributed by atoms with Crippen LogP contribution in [0.25, 0.3) is 0 Å². The van der Waals surface area contributed by atoms with Gasteiger partial charge in [-0.25, -0.2) is 0 Å². The van der Waals surface area contributed by atoms with Crippen LogP contribution >= 0.6 is 0 Å². The van der Waals surface area contributed by atoms with Crippen LogP contribution in [0, 0.1) is 6.92 Å². The van der Waals surface area contributed by atoms with E-state index in [-0.39, 0.29) is 12.5 Å². The van der Waals surface area contributed by atoms with Gasteiger partial charge < -0.3 is 20.3 Å². The van der Waals surface area contributed by atoms with E-state index in [4.69, 9.17) is 9.84 Å². The maximum absolute atomic E-state index is 11.0. The Bertz CT molecular complexity index is 475. The summed E-state index contributed by atoms with van der Waals surface area (Å²) in [5.41, 5.74) is 1.60. The molecule has 0 amide bonds. The largest absolute Gasteiger partial charge is 0.496 e. The third-order valence-corrected chi connectivity index (χ3v) is 3.65. The van der Waals surface area contributed by atoms with Gasteiger partial charge in [0.15, 0.2) is 0 Å². The van der Waals surface area contributed by atoms with Crippen molar-refractivity contribution in [1.29, 1.82) is 0 Å². The zero-order valence-electron chi connectivity index (χ0n) is 13.1. The molecule has 0 spiro atoms. The number of aryl methyl sites for hydroxylation is 1. The molecule has 0 aliphatic rings. The third-order valence-electron chi connectivity index (χ3n) is 3.65. The molecule has 5 nitrogen and oxygen atoms in total. The fraction of sp³-hybridized carbons (Fsp3) is 0.562. The highest BCUT2D eigenvalue weighted by Crippen LogP contribution is 2.25. The highest BCUT2D eigenvalue weighted by Gasteiger charge is 2.25. The Hall–Kier alpha value is -1.59. The summed E-state index contributed by atoms with van der Waals surface area (Å²) >= 11 is 0. The second-order valence-electron chi connectivity index (χ2n) is 5.35. The number of hydrogen-bond donors (Lipinski definition) is 3. The molecule has 0 aliphatic heterocycles. The average molecular weight is 295 g/mol. The van der Waals surface area contributed by atoms with E-state index in [0.29, 0.717) is 5.56 Å². The Balaban J connectivity index is 2.95. The zero-order valence-corrected chi connectivity index (χ0v) is 13.1. The van der Waals surface area contributed by atoms with Gasteiger partial charge in [-0.1, -0.05) is 13.0 Å². The summed E-state index contributed by atoms with van der Waals surface area (Å²) in [6.45, 7) is 5.88. The van der Waals surface area contributed by atoms with Crippen molar-refractivity contribution < 1.29 is 19.7 Å². The van der Waals surface area contributed by atoms with Gasteiger partial charge in [-0.3, -0.25) is 4.79 Å². The van der Waals surface area contributed by atoms with Crippen LogP contribution in [0.15, 0.2) is 18.2 Å². The van der Waals surface area contributed by atoms with E-state index in [2.05, 4.69) is 5.32 Å². The molecule has 0 bridgehead atoms.